The third-order valence-corrected chi connectivity index (χ3v) is 7.33. The smallest absolute Gasteiger partial charge is 0.303 e. The SMILES string of the molecule is O=C(O)CCC(=O)N1Cc2ccccc2CC2(CCCN2CC2CCCCC2)C1. The van der Waals surface area contributed by atoms with E-state index in [0.717, 1.165) is 38.4 Å². The highest BCUT2D eigenvalue weighted by Crippen LogP contribution is 2.39. The van der Waals surface area contributed by atoms with Crippen molar-refractivity contribution in [3.05, 3.63) is 35.4 Å². The number of nitrogens with zero attached hydrogens (tertiary/aromatic N) is 2. The van der Waals surface area contributed by atoms with E-state index in [2.05, 4.69) is 23.1 Å². The molecule has 2 heterocycles. The lowest BCUT2D eigenvalue weighted by molar-refractivity contribution is -0.141. The Bertz CT molecular complexity index is 743. The predicted molar refractivity (Wildman–Crippen MR) is 113 cm³/mol. The fourth-order valence-electron chi connectivity index (χ4n) is 5.80. The molecule has 1 amide bonds. The van der Waals surface area contributed by atoms with E-state index in [9.17, 15) is 9.59 Å². The van der Waals surface area contributed by atoms with Crippen LogP contribution in [0.3, 0.4) is 0 Å². The van der Waals surface area contributed by atoms with Crippen molar-refractivity contribution in [2.75, 3.05) is 19.6 Å². The van der Waals surface area contributed by atoms with Gasteiger partial charge in [-0.3, -0.25) is 14.5 Å². The molecule has 29 heavy (non-hydrogen) atoms. The number of benzene rings is 1. The quantitative estimate of drug-likeness (QED) is 0.818. The van der Waals surface area contributed by atoms with Gasteiger partial charge in [-0.2, -0.15) is 0 Å². The third kappa shape index (κ3) is 4.66. The zero-order valence-electron chi connectivity index (χ0n) is 17.4. The Morgan fingerprint density at radius 1 is 1.03 bits per heavy atom. The fraction of sp³-hybridized carbons (Fsp3) is 0.667. The van der Waals surface area contributed by atoms with Crippen LogP contribution in [0.2, 0.25) is 0 Å². The number of carboxylic acid groups (broad SMARTS) is 1. The van der Waals surface area contributed by atoms with Crippen molar-refractivity contribution in [1.29, 1.82) is 0 Å². The summed E-state index contributed by atoms with van der Waals surface area (Å²) in [5.41, 5.74) is 2.58. The predicted octanol–water partition coefficient (Wildman–Crippen LogP) is 3.85. The monoisotopic (exact) mass is 398 g/mol. The molecule has 0 bridgehead atoms. The normalized spacial score (nSPS) is 25.7. The van der Waals surface area contributed by atoms with Gasteiger partial charge in [-0.25, -0.2) is 0 Å². The number of amides is 1. The van der Waals surface area contributed by atoms with Crippen molar-refractivity contribution in [3.8, 4) is 0 Å². The highest BCUT2D eigenvalue weighted by atomic mass is 16.4. The van der Waals surface area contributed by atoms with Crippen LogP contribution in [-0.4, -0.2) is 52.0 Å². The molecule has 2 fully saturated rings. The summed E-state index contributed by atoms with van der Waals surface area (Å²) in [6, 6.07) is 8.51. The molecule has 1 aromatic rings. The van der Waals surface area contributed by atoms with Crippen LogP contribution >= 0.6 is 0 Å². The van der Waals surface area contributed by atoms with E-state index in [1.165, 1.54) is 49.7 Å². The molecule has 1 aromatic carbocycles. The first-order chi connectivity index (χ1) is 14.1. The van der Waals surface area contributed by atoms with Gasteiger partial charge in [0.05, 0.1) is 6.42 Å². The lowest BCUT2D eigenvalue weighted by Crippen LogP contribution is -2.54. The van der Waals surface area contributed by atoms with Gasteiger partial charge >= 0.3 is 5.97 Å². The number of likely N-dealkylation sites (tertiary alicyclic amines) is 1. The maximum atomic E-state index is 12.9. The zero-order chi connectivity index (χ0) is 20.3. The van der Waals surface area contributed by atoms with E-state index >= 15 is 0 Å². The van der Waals surface area contributed by atoms with Crippen LogP contribution in [0.1, 0.15) is 68.9 Å². The number of hydrogen-bond acceptors (Lipinski definition) is 3. The first-order valence-electron chi connectivity index (χ1n) is 11.4. The van der Waals surface area contributed by atoms with Gasteiger partial charge in [0, 0.05) is 31.6 Å². The van der Waals surface area contributed by atoms with Gasteiger partial charge in [0.2, 0.25) is 5.91 Å². The molecule has 1 N–H and O–H groups in total. The lowest BCUT2D eigenvalue weighted by Gasteiger charge is -2.42. The van der Waals surface area contributed by atoms with Crippen molar-refractivity contribution < 1.29 is 14.7 Å². The first-order valence-corrected chi connectivity index (χ1v) is 11.4. The summed E-state index contributed by atoms with van der Waals surface area (Å²) in [6.45, 7) is 3.61. The highest BCUT2D eigenvalue weighted by molar-refractivity contribution is 5.81. The molecule has 4 rings (SSSR count). The molecule has 1 spiro atoms. The second-order valence-corrected chi connectivity index (χ2v) is 9.37. The Balaban J connectivity index is 1.58. The van der Waals surface area contributed by atoms with E-state index in [-0.39, 0.29) is 24.3 Å². The van der Waals surface area contributed by atoms with Crippen molar-refractivity contribution in [1.82, 2.24) is 9.80 Å². The van der Waals surface area contributed by atoms with Gasteiger partial charge in [0.1, 0.15) is 0 Å². The molecule has 1 saturated heterocycles. The van der Waals surface area contributed by atoms with Gasteiger partial charge < -0.3 is 10.0 Å². The number of hydrogen-bond donors (Lipinski definition) is 1. The zero-order valence-corrected chi connectivity index (χ0v) is 17.4. The largest absolute Gasteiger partial charge is 0.481 e. The van der Waals surface area contributed by atoms with Gasteiger partial charge in [-0.1, -0.05) is 43.5 Å². The summed E-state index contributed by atoms with van der Waals surface area (Å²) in [6.07, 6.45) is 10.1. The van der Waals surface area contributed by atoms with Crippen LogP contribution in [0.15, 0.2) is 24.3 Å². The molecule has 0 radical (unpaired) electrons. The van der Waals surface area contributed by atoms with Crippen LogP contribution in [0.4, 0.5) is 0 Å². The van der Waals surface area contributed by atoms with Crippen LogP contribution in [0.25, 0.3) is 0 Å². The van der Waals surface area contributed by atoms with Crippen LogP contribution < -0.4 is 0 Å². The molecular formula is C24H34N2O3. The highest BCUT2D eigenvalue weighted by Gasteiger charge is 2.45. The molecule has 1 unspecified atom stereocenters. The van der Waals surface area contributed by atoms with Crippen LogP contribution in [-0.2, 0) is 22.6 Å². The minimum atomic E-state index is -0.900. The second-order valence-electron chi connectivity index (χ2n) is 9.37. The summed E-state index contributed by atoms with van der Waals surface area (Å²) in [5.74, 6) is -0.135. The standard InChI is InChI=1S/C24H34N2O3/c27-22(11-12-23(28)29)25-17-21-10-5-4-9-20(21)15-24(18-25)13-6-14-26(24)16-19-7-2-1-3-8-19/h4-5,9-10,19H,1-3,6-8,11-18H2,(H,28,29). The Hall–Kier alpha value is -1.88. The molecular weight excluding hydrogens is 364 g/mol. The van der Waals surface area contributed by atoms with Gasteiger partial charge in [-0.15, -0.1) is 0 Å². The van der Waals surface area contributed by atoms with E-state index in [0.29, 0.717) is 6.54 Å². The van der Waals surface area contributed by atoms with Gasteiger partial charge in [0.25, 0.3) is 0 Å². The average molecular weight is 399 g/mol. The minimum Gasteiger partial charge on any atom is -0.481 e. The summed E-state index contributed by atoms with van der Waals surface area (Å²) in [5, 5.41) is 9.02. The summed E-state index contributed by atoms with van der Waals surface area (Å²) < 4.78 is 0. The van der Waals surface area contributed by atoms with Crippen molar-refractivity contribution in [2.45, 2.75) is 76.3 Å². The molecule has 1 atom stereocenters. The number of aliphatic carboxylic acids is 1. The molecule has 1 aliphatic carbocycles. The Labute approximate surface area is 174 Å². The Morgan fingerprint density at radius 2 is 1.79 bits per heavy atom. The van der Waals surface area contributed by atoms with E-state index in [4.69, 9.17) is 5.11 Å². The van der Waals surface area contributed by atoms with Crippen LogP contribution in [0, 0.1) is 5.92 Å². The average Bonchev–Trinajstić information content (AvgIpc) is 2.99. The molecule has 0 aromatic heterocycles. The summed E-state index contributed by atoms with van der Waals surface area (Å²) in [7, 11) is 0. The maximum Gasteiger partial charge on any atom is 0.303 e. The fourth-order valence-corrected chi connectivity index (χ4v) is 5.80. The molecule has 158 valence electrons. The third-order valence-electron chi connectivity index (χ3n) is 7.33. The number of carboxylic acids is 1. The van der Waals surface area contributed by atoms with Crippen molar-refractivity contribution >= 4 is 11.9 Å². The van der Waals surface area contributed by atoms with Crippen molar-refractivity contribution in [2.24, 2.45) is 5.92 Å². The first kappa shape index (κ1) is 20.4. The van der Waals surface area contributed by atoms with E-state index in [1.807, 2.05) is 11.0 Å². The number of rotatable bonds is 5. The Kier molecular flexibility index (Phi) is 6.23. The molecule has 5 heteroatoms. The summed E-state index contributed by atoms with van der Waals surface area (Å²) >= 11 is 0. The minimum absolute atomic E-state index is 0.00291. The maximum absolute atomic E-state index is 12.9. The lowest BCUT2D eigenvalue weighted by atomic mass is 9.84. The number of carbonyl (C=O) groups excluding carboxylic acids is 1. The molecule has 2 aliphatic heterocycles. The van der Waals surface area contributed by atoms with E-state index < -0.39 is 5.97 Å². The van der Waals surface area contributed by atoms with Crippen LogP contribution in [0.5, 0.6) is 0 Å². The number of carbonyl (C=O) groups is 2. The molecule has 1 saturated carbocycles. The second kappa shape index (κ2) is 8.86. The van der Waals surface area contributed by atoms with Crippen molar-refractivity contribution in [3.63, 3.8) is 0 Å². The van der Waals surface area contributed by atoms with E-state index in [1.54, 1.807) is 0 Å². The molecule has 3 aliphatic rings. The van der Waals surface area contributed by atoms with Gasteiger partial charge in [0.15, 0.2) is 0 Å². The summed E-state index contributed by atoms with van der Waals surface area (Å²) in [4.78, 5) is 28.6. The Morgan fingerprint density at radius 3 is 2.55 bits per heavy atom. The molecule has 5 nitrogen and oxygen atoms in total. The number of fused-ring (bicyclic) bond motifs is 1. The topological polar surface area (TPSA) is 60.9 Å². The van der Waals surface area contributed by atoms with Gasteiger partial charge in [-0.05, 0) is 55.7 Å².